The lowest BCUT2D eigenvalue weighted by atomic mass is 9.78. The Hall–Kier alpha value is -2.73. The van der Waals surface area contributed by atoms with E-state index in [0.717, 1.165) is 18.4 Å². The van der Waals surface area contributed by atoms with Crippen LogP contribution in [0.5, 0.6) is 0 Å². The molecule has 1 fully saturated rings. The minimum atomic E-state index is -0.485. The number of hydrogen-bond acceptors (Lipinski definition) is 4. The maximum Gasteiger partial charge on any atom is 0.263 e. The first-order valence-electron chi connectivity index (χ1n) is 9.67. The molecule has 1 aliphatic carbocycles. The zero-order chi connectivity index (χ0) is 20.1. The molecule has 0 spiro atoms. The van der Waals surface area contributed by atoms with E-state index in [4.69, 9.17) is 4.74 Å². The summed E-state index contributed by atoms with van der Waals surface area (Å²) in [4.78, 5) is 37.7. The number of ketones is 1. The van der Waals surface area contributed by atoms with Gasteiger partial charge in [-0.05, 0) is 37.3 Å². The molecule has 1 aromatic carbocycles. The SMILES string of the molecule is CCOC1CC(CC(=O)c2cc(C(=O)NC)c(=O)n(Cc3ccccc3)c2)C1. The number of ether oxygens (including phenoxy) is 1. The molecule has 0 aliphatic heterocycles. The fraction of sp³-hybridized carbons (Fsp3) is 0.409. The van der Waals surface area contributed by atoms with Crippen molar-refractivity contribution in [3.8, 4) is 0 Å². The van der Waals surface area contributed by atoms with Crippen LogP contribution in [0.3, 0.4) is 0 Å². The van der Waals surface area contributed by atoms with Crippen LogP contribution in [0.2, 0.25) is 0 Å². The standard InChI is InChI=1S/C22H26N2O4/c1-3-28-18-9-16(10-18)11-20(25)17-12-19(21(26)23-2)22(27)24(14-17)13-15-7-5-4-6-8-15/h4-8,12,14,16,18H,3,9-11,13H2,1-2H3,(H,23,26). The van der Waals surface area contributed by atoms with E-state index >= 15 is 0 Å². The smallest absolute Gasteiger partial charge is 0.263 e. The highest BCUT2D eigenvalue weighted by Gasteiger charge is 2.31. The third-order valence-electron chi connectivity index (χ3n) is 5.14. The van der Waals surface area contributed by atoms with Gasteiger partial charge in [0.05, 0.1) is 12.6 Å². The van der Waals surface area contributed by atoms with Crippen molar-refractivity contribution in [2.45, 2.75) is 38.8 Å². The molecule has 148 valence electrons. The highest BCUT2D eigenvalue weighted by Crippen LogP contribution is 2.33. The molecule has 1 heterocycles. The topological polar surface area (TPSA) is 77.4 Å². The maximum atomic E-state index is 12.8. The lowest BCUT2D eigenvalue weighted by molar-refractivity contribution is -0.0246. The summed E-state index contributed by atoms with van der Waals surface area (Å²) >= 11 is 0. The van der Waals surface area contributed by atoms with Gasteiger partial charge in [-0.25, -0.2) is 0 Å². The Balaban J connectivity index is 1.84. The summed E-state index contributed by atoms with van der Waals surface area (Å²) in [6.45, 7) is 2.96. The van der Waals surface area contributed by atoms with E-state index in [2.05, 4.69) is 5.32 Å². The Morgan fingerprint density at radius 3 is 2.57 bits per heavy atom. The molecule has 1 N–H and O–H groups in total. The second kappa shape index (κ2) is 8.97. The van der Waals surface area contributed by atoms with E-state index in [-0.39, 0.29) is 17.5 Å². The summed E-state index contributed by atoms with van der Waals surface area (Å²) < 4.78 is 6.99. The molecule has 2 aromatic rings. The van der Waals surface area contributed by atoms with Crippen LogP contribution in [-0.4, -0.2) is 36.0 Å². The van der Waals surface area contributed by atoms with E-state index in [9.17, 15) is 14.4 Å². The number of amides is 1. The number of Topliss-reactive ketones (excluding diaryl/α,β-unsaturated/α-hetero) is 1. The zero-order valence-electron chi connectivity index (χ0n) is 16.3. The lowest BCUT2D eigenvalue weighted by Gasteiger charge is -2.34. The van der Waals surface area contributed by atoms with E-state index < -0.39 is 11.5 Å². The summed E-state index contributed by atoms with van der Waals surface area (Å²) in [5.41, 5.74) is 0.912. The molecule has 1 aromatic heterocycles. The average Bonchev–Trinajstić information content (AvgIpc) is 2.68. The molecule has 6 heteroatoms. The number of benzene rings is 1. The first-order valence-corrected chi connectivity index (χ1v) is 9.67. The fourth-order valence-corrected chi connectivity index (χ4v) is 3.58. The van der Waals surface area contributed by atoms with Crippen LogP contribution in [0.4, 0.5) is 0 Å². The first-order chi connectivity index (χ1) is 13.5. The Bertz CT molecular complexity index is 898. The number of carbonyl (C=O) groups excluding carboxylic acids is 2. The van der Waals surface area contributed by atoms with Crippen LogP contribution in [-0.2, 0) is 11.3 Å². The Kier molecular flexibility index (Phi) is 6.41. The second-order valence-corrected chi connectivity index (χ2v) is 7.18. The molecular formula is C22H26N2O4. The molecule has 1 saturated carbocycles. The molecule has 0 radical (unpaired) electrons. The Labute approximate surface area is 164 Å². The van der Waals surface area contributed by atoms with Gasteiger partial charge in [0.25, 0.3) is 11.5 Å². The van der Waals surface area contributed by atoms with Gasteiger partial charge in [-0.1, -0.05) is 30.3 Å². The van der Waals surface area contributed by atoms with Crippen molar-refractivity contribution >= 4 is 11.7 Å². The van der Waals surface area contributed by atoms with Crippen molar-refractivity contribution in [2.24, 2.45) is 5.92 Å². The highest BCUT2D eigenvalue weighted by molar-refractivity contribution is 6.00. The molecule has 0 saturated heterocycles. The number of rotatable bonds is 8. The molecule has 3 rings (SSSR count). The van der Waals surface area contributed by atoms with Crippen molar-refractivity contribution < 1.29 is 14.3 Å². The Morgan fingerprint density at radius 1 is 1.21 bits per heavy atom. The number of nitrogens with one attached hydrogen (secondary N) is 1. The normalized spacial score (nSPS) is 18.4. The van der Waals surface area contributed by atoms with E-state index in [0.29, 0.717) is 31.1 Å². The van der Waals surface area contributed by atoms with Gasteiger partial charge in [0.15, 0.2) is 5.78 Å². The van der Waals surface area contributed by atoms with Gasteiger partial charge in [-0.15, -0.1) is 0 Å². The molecule has 0 atom stereocenters. The monoisotopic (exact) mass is 382 g/mol. The van der Waals surface area contributed by atoms with Gasteiger partial charge in [0.1, 0.15) is 5.56 Å². The van der Waals surface area contributed by atoms with E-state index in [1.54, 1.807) is 6.20 Å². The third-order valence-corrected chi connectivity index (χ3v) is 5.14. The average molecular weight is 382 g/mol. The van der Waals surface area contributed by atoms with Gasteiger partial charge in [-0.2, -0.15) is 0 Å². The minimum absolute atomic E-state index is 0.00918. The van der Waals surface area contributed by atoms with Crippen LogP contribution < -0.4 is 10.9 Å². The van der Waals surface area contributed by atoms with Gasteiger partial charge in [-0.3, -0.25) is 14.4 Å². The molecular weight excluding hydrogens is 356 g/mol. The molecule has 6 nitrogen and oxygen atoms in total. The van der Waals surface area contributed by atoms with E-state index in [1.165, 1.54) is 17.7 Å². The van der Waals surface area contributed by atoms with Crippen molar-refractivity contribution in [1.82, 2.24) is 9.88 Å². The van der Waals surface area contributed by atoms with Crippen molar-refractivity contribution in [3.63, 3.8) is 0 Å². The van der Waals surface area contributed by atoms with Crippen LogP contribution in [0, 0.1) is 5.92 Å². The number of nitrogens with zero attached hydrogens (tertiary/aromatic N) is 1. The Morgan fingerprint density at radius 2 is 1.93 bits per heavy atom. The molecule has 0 unspecified atom stereocenters. The maximum absolute atomic E-state index is 12.8. The highest BCUT2D eigenvalue weighted by atomic mass is 16.5. The van der Waals surface area contributed by atoms with Gasteiger partial charge >= 0.3 is 0 Å². The predicted molar refractivity (Wildman–Crippen MR) is 107 cm³/mol. The largest absolute Gasteiger partial charge is 0.378 e. The summed E-state index contributed by atoms with van der Waals surface area (Å²) in [6.07, 6.45) is 3.98. The second-order valence-electron chi connectivity index (χ2n) is 7.18. The van der Waals surface area contributed by atoms with Crippen LogP contribution in [0.1, 0.15) is 52.5 Å². The molecule has 28 heavy (non-hydrogen) atoms. The number of carbonyl (C=O) groups is 2. The number of hydrogen-bond donors (Lipinski definition) is 1. The van der Waals surface area contributed by atoms with Crippen LogP contribution in [0.15, 0.2) is 47.4 Å². The summed E-state index contributed by atoms with van der Waals surface area (Å²) in [5, 5.41) is 2.48. The van der Waals surface area contributed by atoms with Gasteiger partial charge in [0.2, 0.25) is 0 Å². The van der Waals surface area contributed by atoms with Gasteiger partial charge < -0.3 is 14.6 Å². The molecule has 1 aliphatic rings. The number of aromatic nitrogens is 1. The van der Waals surface area contributed by atoms with Crippen molar-refractivity contribution in [3.05, 3.63) is 69.6 Å². The minimum Gasteiger partial charge on any atom is -0.378 e. The third kappa shape index (κ3) is 4.57. The quantitative estimate of drug-likeness (QED) is 0.712. The van der Waals surface area contributed by atoms with Crippen LogP contribution in [0.25, 0.3) is 0 Å². The predicted octanol–water partition coefficient (Wildman–Crippen LogP) is 2.64. The lowest BCUT2D eigenvalue weighted by Crippen LogP contribution is -2.34. The zero-order valence-corrected chi connectivity index (χ0v) is 16.3. The summed E-state index contributed by atoms with van der Waals surface area (Å²) in [7, 11) is 1.47. The van der Waals surface area contributed by atoms with Crippen LogP contribution >= 0.6 is 0 Å². The summed E-state index contributed by atoms with van der Waals surface area (Å²) in [5.74, 6) is -0.240. The molecule has 0 bridgehead atoms. The van der Waals surface area contributed by atoms with E-state index in [1.807, 2.05) is 37.3 Å². The van der Waals surface area contributed by atoms with Gasteiger partial charge in [0, 0.05) is 31.8 Å². The van der Waals surface area contributed by atoms with Crippen molar-refractivity contribution in [2.75, 3.05) is 13.7 Å². The fourth-order valence-electron chi connectivity index (χ4n) is 3.58. The van der Waals surface area contributed by atoms with Crippen molar-refractivity contribution in [1.29, 1.82) is 0 Å². The molecule has 1 amide bonds. The summed E-state index contributed by atoms with van der Waals surface area (Å²) in [6, 6.07) is 10.9. The first kappa shape index (κ1) is 20.0. The number of pyridine rings is 1.